The van der Waals surface area contributed by atoms with Crippen LogP contribution in [-0.4, -0.2) is 46.9 Å². The molecular weight excluding hydrogens is 212 g/mol. The summed E-state index contributed by atoms with van der Waals surface area (Å²) in [4.78, 5) is 34.8. The Balaban J connectivity index is 2.31. The Kier molecular flexibility index (Phi) is 4.42. The average Bonchev–Trinajstić information content (AvgIpc) is 2.56. The van der Waals surface area contributed by atoms with Crippen molar-refractivity contribution in [1.29, 1.82) is 0 Å². The summed E-state index contributed by atoms with van der Waals surface area (Å²) < 4.78 is 0. The molecule has 6 nitrogen and oxygen atoms in total. The fourth-order valence-corrected chi connectivity index (χ4v) is 1.48. The first-order valence-electron chi connectivity index (χ1n) is 5.28. The van der Waals surface area contributed by atoms with E-state index in [1.165, 1.54) is 0 Å². The lowest BCUT2D eigenvalue weighted by atomic mass is 10.3. The van der Waals surface area contributed by atoms with E-state index in [9.17, 15) is 14.4 Å². The number of likely N-dealkylation sites (tertiary alicyclic amines) is 1. The normalized spacial score (nSPS) is 17.8. The third-order valence-electron chi connectivity index (χ3n) is 2.40. The lowest BCUT2D eigenvalue weighted by molar-refractivity contribution is -0.138. The molecule has 0 unspecified atom stereocenters. The van der Waals surface area contributed by atoms with Gasteiger partial charge in [-0.2, -0.15) is 0 Å². The Morgan fingerprint density at radius 3 is 2.50 bits per heavy atom. The number of rotatable bonds is 5. The van der Waals surface area contributed by atoms with E-state index < -0.39 is 0 Å². The molecule has 90 valence electrons. The fraction of sp³-hybridized carbons (Fsp3) is 0.700. The molecule has 0 aromatic rings. The summed E-state index contributed by atoms with van der Waals surface area (Å²) >= 11 is 0. The molecule has 0 aromatic heterocycles. The van der Waals surface area contributed by atoms with Gasteiger partial charge in [0.15, 0.2) is 0 Å². The van der Waals surface area contributed by atoms with Crippen LogP contribution in [0.3, 0.4) is 0 Å². The van der Waals surface area contributed by atoms with Crippen molar-refractivity contribution >= 4 is 17.7 Å². The second-order valence-corrected chi connectivity index (χ2v) is 3.84. The minimum atomic E-state index is -0.308. The SMILES string of the molecule is C[C@H](CO)NC(=O)CCN1C(=O)CCC1=O. The molecule has 0 radical (unpaired) electrons. The van der Waals surface area contributed by atoms with Gasteiger partial charge in [-0.3, -0.25) is 19.3 Å². The standard InChI is InChI=1S/C10H16N2O4/c1-7(6-13)11-8(14)4-5-12-9(15)2-3-10(12)16/h7,13H,2-6H2,1H3,(H,11,14)/t7-/m1/s1. The molecule has 2 N–H and O–H groups in total. The van der Waals surface area contributed by atoms with Crippen molar-refractivity contribution in [1.82, 2.24) is 10.2 Å². The van der Waals surface area contributed by atoms with Gasteiger partial charge in [-0.1, -0.05) is 0 Å². The number of nitrogens with zero attached hydrogens (tertiary/aromatic N) is 1. The molecule has 0 bridgehead atoms. The number of hydrogen-bond acceptors (Lipinski definition) is 4. The molecule has 16 heavy (non-hydrogen) atoms. The number of aliphatic hydroxyl groups excluding tert-OH is 1. The van der Waals surface area contributed by atoms with Gasteiger partial charge in [0.1, 0.15) is 0 Å². The molecule has 1 aliphatic heterocycles. The summed E-state index contributed by atoms with van der Waals surface area (Å²) in [5.41, 5.74) is 0. The highest BCUT2D eigenvalue weighted by molar-refractivity contribution is 6.02. The van der Waals surface area contributed by atoms with Crippen LogP contribution < -0.4 is 5.32 Å². The second-order valence-electron chi connectivity index (χ2n) is 3.84. The number of carbonyl (C=O) groups is 3. The number of imide groups is 1. The van der Waals surface area contributed by atoms with Gasteiger partial charge in [0, 0.05) is 31.8 Å². The molecule has 6 heteroatoms. The first-order valence-corrected chi connectivity index (χ1v) is 5.28. The van der Waals surface area contributed by atoms with Crippen LogP contribution in [-0.2, 0) is 14.4 Å². The van der Waals surface area contributed by atoms with Gasteiger partial charge in [0.25, 0.3) is 0 Å². The minimum Gasteiger partial charge on any atom is -0.394 e. The number of carbonyl (C=O) groups excluding carboxylic acids is 3. The molecule has 0 aliphatic carbocycles. The number of aliphatic hydroxyl groups is 1. The fourth-order valence-electron chi connectivity index (χ4n) is 1.48. The maximum absolute atomic E-state index is 11.3. The van der Waals surface area contributed by atoms with Crippen LogP contribution in [0, 0.1) is 0 Å². The van der Waals surface area contributed by atoms with E-state index in [1.807, 2.05) is 0 Å². The summed E-state index contributed by atoms with van der Waals surface area (Å²) in [6.07, 6.45) is 0.572. The van der Waals surface area contributed by atoms with Gasteiger partial charge in [-0.05, 0) is 6.92 Å². The maximum Gasteiger partial charge on any atom is 0.229 e. The third kappa shape index (κ3) is 3.30. The highest BCUT2D eigenvalue weighted by Crippen LogP contribution is 2.11. The van der Waals surface area contributed by atoms with Gasteiger partial charge >= 0.3 is 0 Å². The van der Waals surface area contributed by atoms with Crippen LogP contribution in [0.1, 0.15) is 26.2 Å². The maximum atomic E-state index is 11.3. The van der Waals surface area contributed by atoms with E-state index in [0.717, 1.165) is 4.90 Å². The quantitative estimate of drug-likeness (QED) is 0.592. The first-order chi connectivity index (χ1) is 7.54. The topological polar surface area (TPSA) is 86.7 Å². The van der Waals surface area contributed by atoms with Gasteiger partial charge in [0.05, 0.1) is 6.61 Å². The van der Waals surface area contributed by atoms with Gasteiger partial charge in [-0.25, -0.2) is 0 Å². The van der Waals surface area contributed by atoms with Gasteiger partial charge in [0.2, 0.25) is 17.7 Å². The Labute approximate surface area is 93.6 Å². The Bertz CT molecular complexity index is 287. The Hall–Kier alpha value is -1.43. The van der Waals surface area contributed by atoms with Crippen molar-refractivity contribution in [3.8, 4) is 0 Å². The largest absolute Gasteiger partial charge is 0.394 e. The van der Waals surface area contributed by atoms with Crippen molar-refractivity contribution in [2.75, 3.05) is 13.2 Å². The molecule has 1 rings (SSSR count). The summed E-state index contributed by atoms with van der Waals surface area (Å²) in [6, 6.07) is -0.308. The van der Waals surface area contributed by atoms with E-state index in [2.05, 4.69) is 5.32 Å². The van der Waals surface area contributed by atoms with E-state index in [0.29, 0.717) is 0 Å². The Morgan fingerprint density at radius 1 is 1.44 bits per heavy atom. The molecule has 1 atom stereocenters. The summed E-state index contributed by atoms with van der Waals surface area (Å²) in [5, 5.41) is 11.3. The first kappa shape index (κ1) is 12.6. The number of amides is 3. The van der Waals surface area contributed by atoms with Crippen molar-refractivity contribution in [3.05, 3.63) is 0 Å². The zero-order valence-electron chi connectivity index (χ0n) is 9.23. The second kappa shape index (κ2) is 5.60. The van der Waals surface area contributed by atoms with Crippen LogP contribution in [0.25, 0.3) is 0 Å². The highest BCUT2D eigenvalue weighted by atomic mass is 16.3. The van der Waals surface area contributed by atoms with Crippen molar-refractivity contribution in [3.63, 3.8) is 0 Å². The smallest absolute Gasteiger partial charge is 0.229 e. The van der Waals surface area contributed by atoms with Gasteiger partial charge in [-0.15, -0.1) is 0 Å². The minimum absolute atomic E-state index is 0.0851. The molecule has 1 fully saturated rings. The van der Waals surface area contributed by atoms with Crippen LogP contribution in [0.2, 0.25) is 0 Å². The third-order valence-corrected chi connectivity index (χ3v) is 2.40. The molecular formula is C10H16N2O4. The summed E-state index contributed by atoms with van der Waals surface area (Å²) in [5.74, 6) is -0.699. The molecule has 0 aromatic carbocycles. The lowest BCUT2D eigenvalue weighted by Crippen LogP contribution is -2.38. The van der Waals surface area contributed by atoms with E-state index in [1.54, 1.807) is 6.92 Å². The van der Waals surface area contributed by atoms with Gasteiger partial charge < -0.3 is 10.4 Å². The van der Waals surface area contributed by atoms with E-state index in [4.69, 9.17) is 5.11 Å². The number of hydrogen-bond donors (Lipinski definition) is 2. The van der Waals surface area contributed by atoms with E-state index in [-0.39, 0.29) is 56.2 Å². The van der Waals surface area contributed by atoms with Crippen molar-refractivity contribution < 1.29 is 19.5 Å². The summed E-state index contributed by atoms with van der Waals surface area (Å²) in [6.45, 7) is 1.67. The lowest BCUT2D eigenvalue weighted by Gasteiger charge is -2.15. The molecule has 1 heterocycles. The highest BCUT2D eigenvalue weighted by Gasteiger charge is 2.28. The molecule has 1 aliphatic rings. The molecule has 0 spiro atoms. The van der Waals surface area contributed by atoms with Crippen molar-refractivity contribution in [2.24, 2.45) is 0 Å². The van der Waals surface area contributed by atoms with Crippen LogP contribution >= 0.6 is 0 Å². The van der Waals surface area contributed by atoms with Crippen molar-refractivity contribution in [2.45, 2.75) is 32.2 Å². The average molecular weight is 228 g/mol. The molecule has 0 saturated carbocycles. The zero-order valence-corrected chi connectivity index (χ0v) is 9.23. The van der Waals surface area contributed by atoms with Crippen LogP contribution in [0.15, 0.2) is 0 Å². The monoisotopic (exact) mass is 228 g/mol. The molecule has 1 saturated heterocycles. The predicted octanol–water partition coefficient (Wildman–Crippen LogP) is -0.977. The Morgan fingerprint density at radius 2 is 2.00 bits per heavy atom. The summed E-state index contributed by atoms with van der Waals surface area (Å²) in [7, 11) is 0. The van der Waals surface area contributed by atoms with Crippen LogP contribution in [0.5, 0.6) is 0 Å². The number of nitrogens with one attached hydrogen (secondary N) is 1. The van der Waals surface area contributed by atoms with Crippen LogP contribution in [0.4, 0.5) is 0 Å². The zero-order chi connectivity index (χ0) is 12.1. The predicted molar refractivity (Wildman–Crippen MR) is 55.3 cm³/mol. The molecule has 3 amide bonds. The van der Waals surface area contributed by atoms with E-state index >= 15 is 0 Å².